The van der Waals surface area contributed by atoms with Crippen molar-refractivity contribution in [1.82, 2.24) is 15.2 Å². The molecule has 1 aromatic heterocycles. The number of aromatic nitrogens is 1. The molecule has 0 saturated carbocycles. The number of ether oxygens (including phenoxy) is 4. The van der Waals surface area contributed by atoms with Crippen molar-refractivity contribution in [3.63, 3.8) is 0 Å². The van der Waals surface area contributed by atoms with E-state index in [2.05, 4.69) is 10.3 Å². The second-order valence-corrected chi connectivity index (χ2v) is 7.35. The summed E-state index contributed by atoms with van der Waals surface area (Å²) in [6.07, 6.45) is 1.39. The SMILES string of the molecule is CCOC(=O)C(Cc1c[nH]c2ccccc12)NCCC(C(=O)OC)N(COC(C)=O)C(=O)OC. The van der Waals surface area contributed by atoms with Crippen molar-refractivity contribution in [2.24, 2.45) is 0 Å². The minimum absolute atomic E-state index is 0.0623. The highest BCUT2D eigenvalue weighted by molar-refractivity contribution is 5.85. The third kappa shape index (κ3) is 7.20. The Morgan fingerprint density at radius 3 is 2.44 bits per heavy atom. The monoisotopic (exact) mass is 477 g/mol. The number of rotatable bonds is 12. The first-order valence-corrected chi connectivity index (χ1v) is 10.8. The molecule has 2 N–H and O–H groups in total. The average molecular weight is 478 g/mol. The molecule has 2 unspecified atom stereocenters. The number of benzene rings is 1. The highest BCUT2D eigenvalue weighted by atomic mass is 16.6. The summed E-state index contributed by atoms with van der Waals surface area (Å²) in [7, 11) is 2.33. The summed E-state index contributed by atoms with van der Waals surface area (Å²) < 4.78 is 19.6. The van der Waals surface area contributed by atoms with Crippen LogP contribution in [0.1, 0.15) is 25.8 Å². The van der Waals surface area contributed by atoms with Crippen LogP contribution in [-0.4, -0.2) is 80.1 Å². The molecule has 2 rings (SSSR count). The Balaban J connectivity index is 2.15. The molecule has 0 aliphatic carbocycles. The normalized spacial score (nSPS) is 12.5. The molecule has 1 aromatic carbocycles. The van der Waals surface area contributed by atoms with Gasteiger partial charge in [-0.15, -0.1) is 0 Å². The molecule has 0 aliphatic heterocycles. The molecule has 2 atom stereocenters. The van der Waals surface area contributed by atoms with Gasteiger partial charge in [-0.25, -0.2) is 9.59 Å². The molecule has 1 amide bonds. The average Bonchev–Trinajstić information content (AvgIpc) is 3.24. The maximum absolute atomic E-state index is 12.6. The lowest BCUT2D eigenvalue weighted by Gasteiger charge is -2.28. The summed E-state index contributed by atoms with van der Waals surface area (Å²) in [6, 6.07) is 5.92. The number of amides is 1. The zero-order valence-corrected chi connectivity index (χ0v) is 19.8. The molecule has 0 saturated heterocycles. The van der Waals surface area contributed by atoms with E-state index in [4.69, 9.17) is 18.9 Å². The number of carbonyl (C=O) groups excluding carboxylic acids is 4. The summed E-state index contributed by atoms with van der Waals surface area (Å²) in [4.78, 5) is 52.6. The molecule has 0 spiro atoms. The molecule has 0 bridgehead atoms. The number of methoxy groups -OCH3 is 2. The van der Waals surface area contributed by atoms with E-state index in [1.165, 1.54) is 14.0 Å². The number of fused-ring (bicyclic) bond motifs is 1. The largest absolute Gasteiger partial charge is 0.467 e. The number of hydrogen-bond donors (Lipinski definition) is 2. The molecule has 11 nitrogen and oxygen atoms in total. The Hall–Kier alpha value is -3.60. The molecule has 1 heterocycles. The second kappa shape index (κ2) is 13.2. The van der Waals surface area contributed by atoms with Crippen LogP contribution in [0, 0.1) is 0 Å². The fraction of sp³-hybridized carbons (Fsp3) is 0.478. The number of hydrogen-bond acceptors (Lipinski definition) is 9. The topological polar surface area (TPSA) is 136 Å². The Bertz CT molecular complexity index is 990. The van der Waals surface area contributed by atoms with E-state index in [1.807, 2.05) is 30.5 Å². The fourth-order valence-electron chi connectivity index (χ4n) is 3.48. The van der Waals surface area contributed by atoms with E-state index in [0.29, 0.717) is 6.42 Å². The molecule has 0 radical (unpaired) electrons. The fourth-order valence-corrected chi connectivity index (χ4v) is 3.48. The van der Waals surface area contributed by atoms with E-state index in [0.717, 1.165) is 28.5 Å². The van der Waals surface area contributed by atoms with Gasteiger partial charge in [-0.05, 0) is 31.5 Å². The third-order valence-corrected chi connectivity index (χ3v) is 5.14. The Labute approximate surface area is 197 Å². The van der Waals surface area contributed by atoms with E-state index in [-0.39, 0.29) is 19.6 Å². The lowest BCUT2D eigenvalue weighted by Crippen LogP contribution is -2.49. The summed E-state index contributed by atoms with van der Waals surface area (Å²) in [5.74, 6) is -1.78. The minimum Gasteiger partial charge on any atom is -0.467 e. The molecule has 186 valence electrons. The smallest absolute Gasteiger partial charge is 0.412 e. The molecule has 34 heavy (non-hydrogen) atoms. The zero-order valence-electron chi connectivity index (χ0n) is 19.8. The van der Waals surface area contributed by atoms with Gasteiger partial charge in [0.1, 0.15) is 12.1 Å². The first-order chi connectivity index (χ1) is 16.3. The third-order valence-electron chi connectivity index (χ3n) is 5.14. The van der Waals surface area contributed by atoms with Gasteiger partial charge in [-0.1, -0.05) is 18.2 Å². The van der Waals surface area contributed by atoms with Crippen molar-refractivity contribution in [2.75, 3.05) is 34.1 Å². The van der Waals surface area contributed by atoms with E-state index >= 15 is 0 Å². The molecular formula is C23H31N3O8. The number of nitrogens with zero attached hydrogens (tertiary/aromatic N) is 1. The van der Waals surface area contributed by atoms with Crippen molar-refractivity contribution in [1.29, 1.82) is 0 Å². The van der Waals surface area contributed by atoms with Gasteiger partial charge in [0.2, 0.25) is 0 Å². The summed E-state index contributed by atoms with van der Waals surface area (Å²) >= 11 is 0. The van der Waals surface area contributed by atoms with Gasteiger partial charge in [0.15, 0.2) is 6.73 Å². The van der Waals surface area contributed by atoms with Gasteiger partial charge >= 0.3 is 24.0 Å². The number of carbonyl (C=O) groups is 4. The van der Waals surface area contributed by atoms with Crippen LogP contribution in [0.3, 0.4) is 0 Å². The molecule has 2 aromatic rings. The van der Waals surface area contributed by atoms with Crippen LogP contribution < -0.4 is 5.32 Å². The van der Waals surface area contributed by atoms with Crippen LogP contribution >= 0.6 is 0 Å². The molecule has 0 fully saturated rings. The predicted molar refractivity (Wildman–Crippen MR) is 122 cm³/mol. The van der Waals surface area contributed by atoms with Crippen molar-refractivity contribution < 1.29 is 38.1 Å². The highest BCUT2D eigenvalue weighted by Gasteiger charge is 2.32. The van der Waals surface area contributed by atoms with Crippen LogP contribution in [-0.2, 0) is 39.8 Å². The van der Waals surface area contributed by atoms with Gasteiger partial charge in [-0.2, -0.15) is 0 Å². The Morgan fingerprint density at radius 2 is 1.79 bits per heavy atom. The maximum Gasteiger partial charge on any atom is 0.412 e. The molecule has 11 heteroatoms. The van der Waals surface area contributed by atoms with Gasteiger partial charge in [0.25, 0.3) is 0 Å². The van der Waals surface area contributed by atoms with Crippen LogP contribution in [0.25, 0.3) is 10.9 Å². The number of aromatic amines is 1. The summed E-state index contributed by atoms with van der Waals surface area (Å²) in [5, 5.41) is 4.10. The summed E-state index contributed by atoms with van der Waals surface area (Å²) in [6.45, 7) is 2.78. The number of para-hydroxylation sites is 1. The number of H-pyrrole nitrogens is 1. The lowest BCUT2D eigenvalue weighted by atomic mass is 10.0. The van der Waals surface area contributed by atoms with Crippen molar-refractivity contribution >= 4 is 34.9 Å². The standard InChI is InChI=1S/C23H31N3O8/c1-5-33-21(28)19(12-16-13-25-18-9-7-6-8-17(16)18)24-11-10-20(22(29)31-3)26(23(30)32-4)14-34-15(2)27/h6-9,13,19-20,24-25H,5,10-12,14H2,1-4H3. The van der Waals surface area contributed by atoms with Crippen molar-refractivity contribution in [3.8, 4) is 0 Å². The van der Waals surface area contributed by atoms with E-state index in [1.54, 1.807) is 6.92 Å². The van der Waals surface area contributed by atoms with Crippen LogP contribution in [0.15, 0.2) is 30.5 Å². The first kappa shape index (κ1) is 26.7. The first-order valence-electron chi connectivity index (χ1n) is 10.8. The Kier molecular flexibility index (Phi) is 10.3. The van der Waals surface area contributed by atoms with Crippen LogP contribution in [0.4, 0.5) is 4.79 Å². The van der Waals surface area contributed by atoms with Gasteiger partial charge in [0.05, 0.1) is 20.8 Å². The van der Waals surface area contributed by atoms with E-state index in [9.17, 15) is 19.2 Å². The Morgan fingerprint density at radius 1 is 1.06 bits per heavy atom. The van der Waals surface area contributed by atoms with Gasteiger partial charge < -0.3 is 29.2 Å². The molecule has 0 aliphatic rings. The summed E-state index contributed by atoms with van der Waals surface area (Å²) in [5.41, 5.74) is 1.88. The highest BCUT2D eigenvalue weighted by Crippen LogP contribution is 2.19. The van der Waals surface area contributed by atoms with Crippen molar-refractivity contribution in [3.05, 3.63) is 36.0 Å². The van der Waals surface area contributed by atoms with E-state index < -0.39 is 42.8 Å². The van der Waals surface area contributed by atoms with Crippen LogP contribution in [0.2, 0.25) is 0 Å². The zero-order chi connectivity index (χ0) is 25.1. The minimum atomic E-state index is -1.11. The van der Waals surface area contributed by atoms with Gasteiger partial charge in [0, 0.05) is 30.4 Å². The number of esters is 3. The quantitative estimate of drug-likeness (QED) is 0.266. The van der Waals surface area contributed by atoms with Crippen molar-refractivity contribution in [2.45, 2.75) is 38.8 Å². The molecular weight excluding hydrogens is 446 g/mol. The maximum atomic E-state index is 12.6. The lowest BCUT2D eigenvalue weighted by molar-refractivity contribution is -0.154. The number of nitrogens with one attached hydrogen (secondary N) is 2. The predicted octanol–water partition coefficient (Wildman–Crippen LogP) is 1.75. The second-order valence-electron chi connectivity index (χ2n) is 7.35. The van der Waals surface area contributed by atoms with Crippen LogP contribution in [0.5, 0.6) is 0 Å². The van der Waals surface area contributed by atoms with Gasteiger partial charge in [-0.3, -0.25) is 14.5 Å².